The van der Waals surface area contributed by atoms with Crippen LogP contribution in [0.25, 0.3) is 100 Å². The van der Waals surface area contributed by atoms with Gasteiger partial charge >= 0.3 is 0 Å². The van der Waals surface area contributed by atoms with Gasteiger partial charge in [0.1, 0.15) is 16.7 Å². The predicted molar refractivity (Wildman–Crippen MR) is 191 cm³/mol. The summed E-state index contributed by atoms with van der Waals surface area (Å²) in [5.41, 5.74) is 5.99. The van der Waals surface area contributed by atoms with Crippen molar-refractivity contribution in [3.63, 3.8) is 0 Å². The lowest BCUT2D eigenvalue weighted by Gasteiger charge is -2.10. The molecule has 0 saturated heterocycles. The zero-order valence-electron chi connectivity index (χ0n) is 25.5. The van der Waals surface area contributed by atoms with Gasteiger partial charge in [0.05, 0.1) is 5.56 Å². The number of fused-ring (bicyclic) bond motifs is 6. The standard InChI is InChI=1S/C42H24N4O2/c1-2-12-27(13-3-1)42-43-37-35(48-42)24-33-32-16-8-9-17-34(32)47-38(33)36(37)41-45-39(30-20-18-25-10-4-6-14-28(25)22-30)44-40(46-41)31-21-19-26-11-5-7-15-29(26)23-31/h1-24H. The molecule has 0 fully saturated rings. The molecule has 3 heterocycles. The first kappa shape index (κ1) is 26.5. The van der Waals surface area contributed by atoms with Crippen LogP contribution in [0.4, 0.5) is 0 Å². The first-order valence-corrected chi connectivity index (χ1v) is 15.8. The van der Waals surface area contributed by atoms with Gasteiger partial charge in [-0.15, -0.1) is 0 Å². The molecule has 0 saturated carbocycles. The van der Waals surface area contributed by atoms with Crippen molar-refractivity contribution >= 4 is 54.6 Å². The van der Waals surface area contributed by atoms with Gasteiger partial charge < -0.3 is 8.83 Å². The highest BCUT2D eigenvalue weighted by molar-refractivity contribution is 6.16. The number of rotatable bonds is 4. The SMILES string of the molecule is c1ccc(-c2nc3c(-c4nc(-c5ccc6ccccc6c5)nc(-c5ccc6ccccc6c5)n4)c4oc5ccccc5c4cc3o2)cc1. The summed E-state index contributed by atoms with van der Waals surface area (Å²) in [5, 5.41) is 6.39. The summed E-state index contributed by atoms with van der Waals surface area (Å²) in [5.74, 6) is 2.09. The molecule has 10 rings (SSSR count). The second-order valence-electron chi connectivity index (χ2n) is 11.9. The van der Waals surface area contributed by atoms with Crippen LogP contribution in [0.1, 0.15) is 0 Å². The number of nitrogens with zero attached hydrogens (tertiary/aromatic N) is 4. The van der Waals surface area contributed by atoms with E-state index < -0.39 is 0 Å². The third-order valence-corrected chi connectivity index (χ3v) is 8.92. The van der Waals surface area contributed by atoms with E-state index in [1.54, 1.807) is 0 Å². The van der Waals surface area contributed by atoms with Crippen LogP contribution in [0.5, 0.6) is 0 Å². The minimum atomic E-state index is 0.457. The molecule has 0 aliphatic rings. The van der Waals surface area contributed by atoms with E-state index in [2.05, 4.69) is 66.7 Å². The fourth-order valence-electron chi connectivity index (χ4n) is 6.56. The molecule has 3 aromatic heterocycles. The van der Waals surface area contributed by atoms with Crippen LogP contribution >= 0.6 is 0 Å². The van der Waals surface area contributed by atoms with Gasteiger partial charge in [-0.05, 0) is 57.9 Å². The van der Waals surface area contributed by atoms with Gasteiger partial charge in [-0.25, -0.2) is 19.9 Å². The van der Waals surface area contributed by atoms with Crippen LogP contribution < -0.4 is 0 Å². The molecule has 10 aromatic rings. The van der Waals surface area contributed by atoms with Gasteiger partial charge in [-0.3, -0.25) is 0 Å². The van der Waals surface area contributed by atoms with Gasteiger partial charge in [0.2, 0.25) is 5.89 Å². The summed E-state index contributed by atoms with van der Waals surface area (Å²) in [7, 11) is 0. The molecule has 0 aliphatic heterocycles. The van der Waals surface area contributed by atoms with Crippen LogP contribution in [0.2, 0.25) is 0 Å². The summed E-state index contributed by atoms with van der Waals surface area (Å²) in [6.45, 7) is 0. The van der Waals surface area contributed by atoms with Gasteiger partial charge in [0.25, 0.3) is 0 Å². The van der Waals surface area contributed by atoms with Crippen molar-refractivity contribution in [3.05, 3.63) is 146 Å². The van der Waals surface area contributed by atoms with E-state index in [1.807, 2.05) is 78.9 Å². The van der Waals surface area contributed by atoms with Crippen LogP contribution in [0.3, 0.4) is 0 Å². The third-order valence-electron chi connectivity index (χ3n) is 8.92. The number of oxazole rings is 1. The number of benzene rings is 7. The molecule has 0 spiro atoms. The van der Waals surface area contributed by atoms with Gasteiger partial charge in [0.15, 0.2) is 23.1 Å². The molecule has 224 valence electrons. The van der Waals surface area contributed by atoms with Crippen LogP contribution in [-0.4, -0.2) is 19.9 Å². The molecule has 0 bridgehead atoms. The molecule has 48 heavy (non-hydrogen) atoms. The Morgan fingerprint density at radius 3 is 1.65 bits per heavy atom. The van der Waals surface area contributed by atoms with E-state index in [1.165, 1.54) is 0 Å². The summed E-state index contributed by atoms with van der Waals surface area (Å²) >= 11 is 0. The minimum Gasteiger partial charge on any atom is -0.455 e. The van der Waals surface area contributed by atoms with Crippen molar-refractivity contribution < 1.29 is 8.83 Å². The second kappa shape index (κ2) is 10.4. The Kier molecular flexibility index (Phi) is 5.77. The molecule has 0 radical (unpaired) electrons. The van der Waals surface area contributed by atoms with E-state index in [9.17, 15) is 0 Å². The number of para-hydroxylation sites is 1. The number of hydrogen-bond acceptors (Lipinski definition) is 6. The van der Waals surface area contributed by atoms with Crippen LogP contribution in [-0.2, 0) is 0 Å². The van der Waals surface area contributed by atoms with Crippen molar-refractivity contribution in [1.29, 1.82) is 0 Å². The Morgan fingerprint density at radius 1 is 0.375 bits per heavy atom. The van der Waals surface area contributed by atoms with Crippen LogP contribution in [0, 0.1) is 0 Å². The topological polar surface area (TPSA) is 77.8 Å². The quantitative estimate of drug-likeness (QED) is 0.196. The summed E-state index contributed by atoms with van der Waals surface area (Å²) in [6.07, 6.45) is 0. The summed E-state index contributed by atoms with van der Waals surface area (Å²) < 4.78 is 13.0. The Morgan fingerprint density at radius 2 is 0.958 bits per heavy atom. The Labute approximate surface area is 274 Å². The highest BCUT2D eigenvalue weighted by atomic mass is 16.4. The monoisotopic (exact) mass is 616 g/mol. The van der Waals surface area contributed by atoms with E-state index in [-0.39, 0.29) is 0 Å². The first-order chi connectivity index (χ1) is 23.7. The summed E-state index contributed by atoms with van der Waals surface area (Å²) in [4.78, 5) is 20.4. The highest BCUT2D eigenvalue weighted by Gasteiger charge is 2.24. The van der Waals surface area contributed by atoms with E-state index in [0.717, 1.165) is 54.6 Å². The zero-order chi connectivity index (χ0) is 31.6. The lowest BCUT2D eigenvalue weighted by molar-refractivity contribution is 0.620. The van der Waals surface area contributed by atoms with Crippen molar-refractivity contribution in [2.24, 2.45) is 0 Å². The fraction of sp³-hybridized carbons (Fsp3) is 0. The maximum atomic E-state index is 6.59. The van der Waals surface area contributed by atoms with E-state index in [4.69, 9.17) is 28.8 Å². The zero-order valence-corrected chi connectivity index (χ0v) is 25.5. The largest absolute Gasteiger partial charge is 0.455 e. The van der Waals surface area contributed by atoms with E-state index in [0.29, 0.717) is 45.6 Å². The maximum absolute atomic E-state index is 6.59. The smallest absolute Gasteiger partial charge is 0.227 e. The molecule has 0 unspecified atom stereocenters. The number of aromatic nitrogens is 4. The van der Waals surface area contributed by atoms with E-state index >= 15 is 0 Å². The highest BCUT2D eigenvalue weighted by Crippen LogP contribution is 2.42. The molecular formula is C42H24N4O2. The fourth-order valence-corrected chi connectivity index (χ4v) is 6.56. The lowest BCUT2D eigenvalue weighted by Crippen LogP contribution is -2.01. The van der Waals surface area contributed by atoms with Crippen molar-refractivity contribution in [2.75, 3.05) is 0 Å². The first-order valence-electron chi connectivity index (χ1n) is 15.8. The van der Waals surface area contributed by atoms with Gasteiger partial charge in [-0.2, -0.15) is 0 Å². The molecule has 0 amide bonds. The van der Waals surface area contributed by atoms with Crippen LogP contribution in [0.15, 0.2) is 154 Å². The molecule has 7 aromatic carbocycles. The van der Waals surface area contributed by atoms with Gasteiger partial charge in [-0.1, -0.05) is 109 Å². The lowest BCUT2D eigenvalue weighted by atomic mass is 10.0. The van der Waals surface area contributed by atoms with Crippen molar-refractivity contribution in [1.82, 2.24) is 19.9 Å². The number of furan rings is 1. The van der Waals surface area contributed by atoms with Crippen molar-refractivity contribution in [2.45, 2.75) is 0 Å². The second-order valence-corrected chi connectivity index (χ2v) is 11.9. The maximum Gasteiger partial charge on any atom is 0.227 e. The molecule has 6 nitrogen and oxygen atoms in total. The average molecular weight is 617 g/mol. The van der Waals surface area contributed by atoms with Gasteiger partial charge in [0, 0.05) is 27.5 Å². The molecule has 0 atom stereocenters. The molecule has 0 N–H and O–H groups in total. The average Bonchev–Trinajstić information content (AvgIpc) is 3.75. The normalized spacial score (nSPS) is 11.8. The van der Waals surface area contributed by atoms with Crippen molar-refractivity contribution in [3.8, 4) is 45.6 Å². The molecule has 0 aliphatic carbocycles. The molecule has 6 heteroatoms. The third kappa shape index (κ3) is 4.27. The Bertz CT molecular complexity index is 2760. The Balaban J connectivity index is 1.29. The minimum absolute atomic E-state index is 0.457. The summed E-state index contributed by atoms with van der Waals surface area (Å²) in [6, 6.07) is 49.1. The number of hydrogen-bond donors (Lipinski definition) is 0. The Hall–Kier alpha value is -6.66. The molecular weight excluding hydrogens is 592 g/mol. The predicted octanol–water partition coefficient (Wildman–Crippen LogP) is 10.9.